The molecule has 1 atom stereocenters. The van der Waals surface area contributed by atoms with E-state index in [1.165, 1.54) is 0 Å². The van der Waals surface area contributed by atoms with Gasteiger partial charge in [0.1, 0.15) is 17.9 Å². The van der Waals surface area contributed by atoms with Crippen LogP contribution in [0.25, 0.3) is 0 Å². The van der Waals surface area contributed by atoms with Gasteiger partial charge >= 0.3 is 0 Å². The van der Waals surface area contributed by atoms with Crippen LogP contribution in [-0.2, 0) is 0 Å². The summed E-state index contributed by atoms with van der Waals surface area (Å²) in [6, 6.07) is 7.07. The summed E-state index contributed by atoms with van der Waals surface area (Å²) in [6.07, 6.45) is -0.674. The van der Waals surface area contributed by atoms with Gasteiger partial charge in [-0.1, -0.05) is 6.07 Å². The quantitative estimate of drug-likeness (QED) is 0.863. The minimum Gasteiger partial charge on any atom is -0.385 e. The highest BCUT2D eigenvalue weighted by Gasteiger charge is 2.21. The van der Waals surface area contributed by atoms with Crippen molar-refractivity contribution in [3.8, 4) is 6.07 Å². The van der Waals surface area contributed by atoms with E-state index in [0.29, 0.717) is 17.9 Å². The number of aliphatic hydroxyl groups excluding tert-OH is 1. The predicted molar refractivity (Wildman–Crippen MR) is 66.3 cm³/mol. The third-order valence-electron chi connectivity index (χ3n) is 2.82. The van der Waals surface area contributed by atoms with Crippen LogP contribution in [0, 0.1) is 11.3 Å². The van der Waals surface area contributed by atoms with Crippen molar-refractivity contribution >= 4 is 0 Å². The van der Waals surface area contributed by atoms with Gasteiger partial charge in [-0.2, -0.15) is 5.26 Å². The average Bonchev–Trinajstić information content (AvgIpc) is 2.27. The fourth-order valence-corrected chi connectivity index (χ4v) is 1.33. The van der Waals surface area contributed by atoms with Crippen molar-refractivity contribution in [1.29, 1.82) is 5.26 Å². The lowest BCUT2D eigenvalue weighted by Crippen LogP contribution is -2.40. The summed E-state index contributed by atoms with van der Waals surface area (Å²) in [5, 5.41) is 18.8. The monoisotopic (exact) mass is 233 g/mol. The second-order valence-corrected chi connectivity index (χ2v) is 5.13. The Bertz CT molecular complexity index is 417. The van der Waals surface area contributed by atoms with Gasteiger partial charge in [-0.05, 0) is 40.0 Å². The summed E-state index contributed by atoms with van der Waals surface area (Å²) in [6.45, 7) is 6.74. The number of likely N-dealkylation sites (N-methyl/N-ethyl adjacent to an activating group) is 1. The summed E-state index contributed by atoms with van der Waals surface area (Å²) >= 11 is 0. The highest BCUT2D eigenvalue weighted by molar-refractivity contribution is 5.23. The number of aromatic nitrogens is 1. The highest BCUT2D eigenvalue weighted by Crippen LogP contribution is 2.17. The molecule has 92 valence electrons. The van der Waals surface area contributed by atoms with Crippen LogP contribution in [0.2, 0.25) is 0 Å². The van der Waals surface area contributed by atoms with Gasteiger partial charge in [0.25, 0.3) is 0 Å². The smallest absolute Gasteiger partial charge is 0.140 e. The topological polar surface area (TPSA) is 60.1 Å². The molecule has 1 aromatic rings. The molecular weight excluding hydrogens is 214 g/mol. The van der Waals surface area contributed by atoms with E-state index in [0.717, 1.165) is 0 Å². The van der Waals surface area contributed by atoms with E-state index >= 15 is 0 Å². The number of nitrogens with zero attached hydrogens (tertiary/aromatic N) is 3. The molecule has 0 unspecified atom stereocenters. The maximum atomic E-state index is 10.1. The molecule has 1 heterocycles. The molecule has 4 nitrogen and oxygen atoms in total. The fourth-order valence-electron chi connectivity index (χ4n) is 1.33. The van der Waals surface area contributed by atoms with E-state index in [1.807, 2.05) is 13.1 Å². The van der Waals surface area contributed by atoms with E-state index in [-0.39, 0.29) is 5.54 Å². The lowest BCUT2D eigenvalue weighted by molar-refractivity contribution is 0.0765. The van der Waals surface area contributed by atoms with Crippen molar-refractivity contribution in [2.45, 2.75) is 32.4 Å². The first kappa shape index (κ1) is 13.6. The number of nitriles is 1. The van der Waals surface area contributed by atoms with E-state index in [1.54, 1.807) is 18.2 Å². The molecule has 0 saturated heterocycles. The minimum atomic E-state index is -0.674. The van der Waals surface area contributed by atoms with E-state index < -0.39 is 6.10 Å². The molecule has 0 amide bonds. The summed E-state index contributed by atoms with van der Waals surface area (Å²) in [5.74, 6) is 0. The highest BCUT2D eigenvalue weighted by atomic mass is 16.3. The van der Waals surface area contributed by atoms with Gasteiger partial charge in [-0.15, -0.1) is 0 Å². The first-order valence-corrected chi connectivity index (χ1v) is 5.61. The van der Waals surface area contributed by atoms with E-state index in [4.69, 9.17) is 5.26 Å². The predicted octanol–water partition coefficient (Wildman–Crippen LogP) is 1.72. The van der Waals surface area contributed by atoms with Crippen LogP contribution in [0.5, 0.6) is 0 Å². The zero-order valence-corrected chi connectivity index (χ0v) is 10.8. The Morgan fingerprint density at radius 3 is 2.65 bits per heavy atom. The van der Waals surface area contributed by atoms with E-state index in [2.05, 4.69) is 30.7 Å². The van der Waals surface area contributed by atoms with Gasteiger partial charge in [-0.3, -0.25) is 4.90 Å². The SMILES string of the molecule is CN(C[C@H](O)c1cccc(C#N)n1)C(C)(C)C. The Labute approximate surface area is 103 Å². The Morgan fingerprint density at radius 1 is 1.47 bits per heavy atom. The van der Waals surface area contributed by atoms with E-state index in [9.17, 15) is 5.11 Å². The first-order chi connectivity index (χ1) is 7.84. The molecule has 1 N–H and O–H groups in total. The number of hydrogen-bond donors (Lipinski definition) is 1. The largest absolute Gasteiger partial charge is 0.385 e. The van der Waals surface area contributed by atoms with Crippen molar-refractivity contribution in [2.24, 2.45) is 0 Å². The molecule has 0 saturated carbocycles. The lowest BCUT2D eigenvalue weighted by Gasteiger charge is -2.33. The average molecular weight is 233 g/mol. The molecule has 4 heteroatoms. The summed E-state index contributed by atoms with van der Waals surface area (Å²) in [5.41, 5.74) is 0.869. The Balaban J connectivity index is 2.77. The fraction of sp³-hybridized carbons (Fsp3) is 0.538. The Morgan fingerprint density at radius 2 is 2.12 bits per heavy atom. The van der Waals surface area contributed by atoms with Gasteiger partial charge in [0.2, 0.25) is 0 Å². The molecule has 0 radical (unpaired) electrons. The van der Waals surface area contributed by atoms with Crippen molar-refractivity contribution in [3.05, 3.63) is 29.6 Å². The molecule has 0 aliphatic carbocycles. The molecule has 1 rings (SSSR count). The summed E-state index contributed by atoms with van der Waals surface area (Å²) < 4.78 is 0. The Kier molecular flexibility index (Phi) is 4.22. The lowest BCUT2D eigenvalue weighted by atomic mass is 10.1. The Hall–Kier alpha value is -1.44. The zero-order chi connectivity index (χ0) is 13.1. The molecular formula is C13H19N3O. The maximum absolute atomic E-state index is 10.1. The third-order valence-corrected chi connectivity index (χ3v) is 2.82. The minimum absolute atomic E-state index is 0.00613. The van der Waals surface area contributed by atoms with Gasteiger partial charge in [0.15, 0.2) is 0 Å². The molecule has 0 spiro atoms. The van der Waals surface area contributed by atoms with Crippen LogP contribution in [0.15, 0.2) is 18.2 Å². The van der Waals surface area contributed by atoms with Crippen molar-refractivity contribution in [2.75, 3.05) is 13.6 Å². The van der Waals surface area contributed by atoms with Crippen LogP contribution in [0.3, 0.4) is 0 Å². The first-order valence-electron chi connectivity index (χ1n) is 5.61. The zero-order valence-electron chi connectivity index (χ0n) is 10.8. The van der Waals surface area contributed by atoms with Gasteiger partial charge in [0, 0.05) is 12.1 Å². The normalized spacial score (nSPS) is 13.5. The van der Waals surface area contributed by atoms with Crippen LogP contribution in [0.1, 0.15) is 38.3 Å². The third kappa shape index (κ3) is 3.81. The van der Waals surface area contributed by atoms with Crippen LogP contribution < -0.4 is 0 Å². The second kappa shape index (κ2) is 5.26. The van der Waals surface area contributed by atoms with Crippen molar-refractivity contribution < 1.29 is 5.11 Å². The molecule has 0 fully saturated rings. The summed E-state index contributed by atoms with van der Waals surface area (Å²) in [4.78, 5) is 6.14. The number of pyridine rings is 1. The maximum Gasteiger partial charge on any atom is 0.140 e. The van der Waals surface area contributed by atoms with Crippen LogP contribution in [0.4, 0.5) is 0 Å². The van der Waals surface area contributed by atoms with Gasteiger partial charge in [0.05, 0.1) is 5.69 Å². The van der Waals surface area contributed by atoms with Crippen LogP contribution >= 0.6 is 0 Å². The molecule has 0 aliphatic heterocycles. The van der Waals surface area contributed by atoms with Crippen LogP contribution in [-0.4, -0.2) is 34.1 Å². The van der Waals surface area contributed by atoms with Crippen molar-refractivity contribution in [3.63, 3.8) is 0 Å². The number of aliphatic hydroxyl groups is 1. The number of rotatable bonds is 3. The van der Waals surface area contributed by atoms with Crippen molar-refractivity contribution in [1.82, 2.24) is 9.88 Å². The van der Waals surface area contributed by atoms with Gasteiger partial charge in [-0.25, -0.2) is 4.98 Å². The standard InChI is InChI=1S/C13H19N3O/c1-13(2,3)16(4)9-12(17)11-7-5-6-10(8-14)15-11/h5-7,12,17H,9H2,1-4H3/t12-/m0/s1. The summed E-state index contributed by atoms with van der Waals surface area (Å²) in [7, 11) is 1.96. The molecule has 0 aliphatic rings. The molecule has 17 heavy (non-hydrogen) atoms. The van der Waals surface area contributed by atoms with Gasteiger partial charge < -0.3 is 5.11 Å². The number of β-amino-alcohol motifs (C(OH)–C–C–N with tert-alkyl or cyclic N) is 1. The molecule has 1 aromatic heterocycles. The number of hydrogen-bond acceptors (Lipinski definition) is 4. The molecule has 0 aromatic carbocycles. The second-order valence-electron chi connectivity index (χ2n) is 5.13. The molecule has 0 bridgehead atoms.